The molecule has 21 N–H and O–H groups in total. The SMILES string of the molecule is CC[C@@H](C)[C@H](NC(=O)[C@H](Cc1ccc(O)cc1)NC(=O)[C@H](CC(C)C)NC(=O)CNC(=O)[C@H](C)NC(=O)[C@@H](NC(=O)[C@H](CC(N)=O)NC(=O)[C@H](Cc1ccc(O)cc1)NC(=O)[C@@H](NC(=O)[C@@H](N)Cc1ccc(O)cc1)[C@H](C)CC)C(C)C)C(=O)N[C@@H](Cc1c[nH]cn1)C(=O)N[C@@H](Cc1c[nH]cn1)C(=O)O. The van der Waals surface area contributed by atoms with Crippen LogP contribution in [0.1, 0.15) is 116 Å². The molecule has 3 aromatic carbocycles. The number of imidazole rings is 2. The number of hydrogen-bond donors (Lipinski definition) is 19. The van der Waals surface area contributed by atoms with Gasteiger partial charge >= 0.3 is 5.97 Å². The lowest BCUT2D eigenvalue weighted by Crippen LogP contribution is -2.61. The molecule has 2 aromatic heterocycles. The van der Waals surface area contributed by atoms with Crippen molar-refractivity contribution in [3.05, 3.63) is 126 Å². The molecule has 105 heavy (non-hydrogen) atoms. The normalized spacial score (nSPS) is 14.9. The lowest BCUT2D eigenvalue weighted by molar-refractivity contribution is -0.142. The fourth-order valence-electron chi connectivity index (χ4n) is 10.9. The van der Waals surface area contributed by atoms with E-state index in [-0.39, 0.29) is 61.7 Å². The molecule has 0 radical (unpaired) electrons. The third kappa shape index (κ3) is 27.7. The van der Waals surface area contributed by atoms with Gasteiger partial charge in [0.2, 0.25) is 70.9 Å². The summed E-state index contributed by atoms with van der Waals surface area (Å²) in [5.74, 6) is -14.5. The van der Waals surface area contributed by atoms with Gasteiger partial charge in [-0.1, -0.05) is 105 Å². The first-order valence-electron chi connectivity index (χ1n) is 34.5. The summed E-state index contributed by atoms with van der Waals surface area (Å²) >= 11 is 0. The number of aromatic amines is 2. The number of aliphatic carboxylic acids is 1. The number of nitrogens with two attached hydrogens (primary N) is 2. The van der Waals surface area contributed by atoms with Gasteiger partial charge in [0, 0.05) is 38.1 Å². The number of rotatable bonds is 42. The molecule has 0 aliphatic heterocycles. The van der Waals surface area contributed by atoms with E-state index in [1.54, 1.807) is 67.5 Å². The fourth-order valence-corrected chi connectivity index (χ4v) is 10.9. The van der Waals surface area contributed by atoms with E-state index in [2.05, 4.69) is 78.4 Å². The van der Waals surface area contributed by atoms with Crippen LogP contribution in [0.3, 0.4) is 0 Å². The Balaban J connectivity index is 1.26. The number of nitrogens with zero attached hydrogens (tertiary/aromatic N) is 2. The van der Waals surface area contributed by atoms with Gasteiger partial charge < -0.3 is 100 Å². The summed E-state index contributed by atoms with van der Waals surface area (Å²) in [6, 6.07) is 1.80. The summed E-state index contributed by atoms with van der Waals surface area (Å²) in [6.07, 6.45) is 4.69. The zero-order valence-electron chi connectivity index (χ0n) is 60.1. The number of benzene rings is 3. The van der Waals surface area contributed by atoms with Gasteiger partial charge in [0.25, 0.3) is 0 Å². The molecule has 0 aliphatic carbocycles. The number of hydrogen-bond acceptors (Lipinski definition) is 19. The summed E-state index contributed by atoms with van der Waals surface area (Å²) < 4.78 is 0. The highest BCUT2D eigenvalue weighted by Crippen LogP contribution is 2.19. The third-order valence-electron chi connectivity index (χ3n) is 17.3. The zero-order chi connectivity index (χ0) is 77.8. The van der Waals surface area contributed by atoms with Crippen molar-refractivity contribution in [2.45, 2.75) is 187 Å². The Morgan fingerprint density at radius 2 is 0.800 bits per heavy atom. The van der Waals surface area contributed by atoms with Gasteiger partial charge in [0.15, 0.2) is 0 Å². The highest BCUT2D eigenvalue weighted by Gasteiger charge is 2.38. The maximum Gasteiger partial charge on any atom is 0.326 e. The van der Waals surface area contributed by atoms with Crippen LogP contribution in [0.4, 0.5) is 0 Å². The molecule has 0 saturated heterocycles. The summed E-state index contributed by atoms with van der Waals surface area (Å²) in [5.41, 5.74) is 14.0. The molecule has 34 heteroatoms. The minimum atomic E-state index is -1.77. The van der Waals surface area contributed by atoms with Gasteiger partial charge in [-0.2, -0.15) is 0 Å². The Morgan fingerprint density at radius 3 is 1.22 bits per heavy atom. The van der Waals surface area contributed by atoms with E-state index in [0.29, 0.717) is 40.9 Å². The molecule has 13 atom stereocenters. The van der Waals surface area contributed by atoms with Crippen LogP contribution in [0, 0.1) is 23.7 Å². The number of carbonyl (C=O) groups excluding carboxylic acids is 12. The van der Waals surface area contributed by atoms with Crippen molar-refractivity contribution in [2.24, 2.45) is 35.1 Å². The van der Waals surface area contributed by atoms with Crippen molar-refractivity contribution in [3.63, 3.8) is 0 Å². The second-order valence-electron chi connectivity index (χ2n) is 26.7. The molecule has 34 nitrogen and oxygen atoms in total. The highest BCUT2D eigenvalue weighted by molar-refractivity contribution is 6.00. The van der Waals surface area contributed by atoms with Gasteiger partial charge in [-0.25, -0.2) is 14.8 Å². The topological polar surface area (TPSA) is 545 Å². The number of aromatic hydroxyl groups is 3. The van der Waals surface area contributed by atoms with Crippen LogP contribution in [0.15, 0.2) is 97.8 Å². The van der Waals surface area contributed by atoms with Crippen molar-refractivity contribution < 1.29 is 82.8 Å². The van der Waals surface area contributed by atoms with Crippen LogP contribution < -0.4 is 70.0 Å². The molecule has 0 spiro atoms. The number of carboxylic acid groups (broad SMARTS) is 1. The molecule has 0 saturated carbocycles. The van der Waals surface area contributed by atoms with Gasteiger partial charge in [0.1, 0.15) is 77.7 Å². The van der Waals surface area contributed by atoms with Crippen LogP contribution in [-0.2, 0) is 94.4 Å². The number of aromatic nitrogens is 4. The Labute approximate surface area is 607 Å². The Bertz CT molecular complexity index is 3750. The Kier molecular flexibility index (Phi) is 32.9. The monoisotopic (exact) mass is 1460 g/mol. The van der Waals surface area contributed by atoms with E-state index in [0.717, 1.165) is 0 Å². The predicted octanol–water partition coefficient (Wildman–Crippen LogP) is -1.17. The van der Waals surface area contributed by atoms with Gasteiger partial charge in [-0.05, 0) is 96.5 Å². The fraction of sp³-hybridized carbons (Fsp3) is 0.479. The summed E-state index contributed by atoms with van der Waals surface area (Å²) in [6.45, 7) is 14.0. The molecule has 5 rings (SSSR count). The summed E-state index contributed by atoms with van der Waals surface area (Å²) in [7, 11) is 0. The van der Waals surface area contributed by atoms with Crippen LogP contribution in [0.2, 0.25) is 0 Å². The number of primary amides is 1. The predicted molar refractivity (Wildman–Crippen MR) is 381 cm³/mol. The Morgan fingerprint density at radius 1 is 0.429 bits per heavy atom. The van der Waals surface area contributed by atoms with Gasteiger partial charge in [-0.15, -0.1) is 0 Å². The summed E-state index contributed by atoms with van der Waals surface area (Å²) in [5, 5.41) is 68.1. The third-order valence-corrected chi connectivity index (χ3v) is 17.3. The molecule has 0 bridgehead atoms. The smallest absolute Gasteiger partial charge is 0.326 e. The first kappa shape index (κ1) is 84.2. The van der Waals surface area contributed by atoms with Crippen LogP contribution >= 0.6 is 0 Å². The average molecular weight is 1460 g/mol. The van der Waals surface area contributed by atoms with E-state index < -0.39 is 174 Å². The van der Waals surface area contributed by atoms with Crippen molar-refractivity contribution in [2.75, 3.05) is 6.54 Å². The van der Waals surface area contributed by atoms with Crippen LogP contribution in [-0.4, -0.2) is 190 Å². The number of H-pyrrole nitrogens is 2. The largest absolute Gasteiger partial charge is 0.508 e. The van der Waals surface area contributed by atoms with E-state index in [1.807, 2.05) is 0 Å². The number of nitrogens with one attached hydrogen (secondary N) is 13. The van der Waals surface area contributed by atoms with E-state index in [4.69, 9.17) is 11.5 Å². The maximum absolute atomic E-state index is 14.6. The molecule has 0 fully saturated rings. The minimum Gasteiger partial charge on any atom is -0.508 e. The molecule has 12 amide bonds. The van der Waals surface area contributed by atoms with Crippen molar-refractivity contribution >= 4 is 76.9 Å². The number of amides is 12. The average Bonchev–Trinajstić information content (AvgIpc) is 1.08. The maximum atomic E-state index is 14.6. The highest BCUT2D eigenvalue weighted by atomic mass is 16.4. The zero-order valence-corrected chi connectivity index (χ0v) is 60.1. The second-order valence-corrected chi connectivity index (χ2v) is 26.7. The number of carboxylic acids is 1. The second kappa shape index (κ2) is 41.0. The quantitative estimate of drug-likeness (QED) is 0.0219. The molecule has 5 aromatic rings. The van der Waals surface area contributed by atoms with Crippen LogP contribution in [0.5, 0.6) is 17.2 Å². The van der Waals surface area contributed by atoms with Gasteiger partial charge in [-0.3, -0.25) is 57.5 Å². The first-order valence-corrected chi connectivity index (χ1v) is 34.5. The molecular formula is C71H99N17O17. The molecular weight excluding hydrogens is 1360 g/mol. The first-order chi connectivity index (χ1) is 49.6. The van der Waals surface area contributed by atoms with Crippen LogP contribution in [0.25, 0.3) is 0 Å². The van der Waals surface area contributed by atoms with Crippen molar-refractivity contribution in [3.8, 4) is 17.2 Å². The lowest BCUT2D eigenvalue weighted by atomic mass is 9.96. The molecule has 0 aliphatic rings. The minimum absolute atomic E-state index is 0.00254. The molecule has 570 valence electrons. The number of carbonyl (C=O) groups is 13. The van der Waals surface area contributed by atoms with E-state index >= 15 is 0 Å². The van der Waals surface area contributed by atoms with E-state index in [1.165, 1.54) is 92.6 Å². The summed E-state index contributed by atoms with van der Waals surface area (Å²) in [4.78, 5) is 193. The molecule has 2 heterocycles. The van der Waals surface area contributed by atoms with Crippen molar-refractivity contribution in [1.82, 2.24) is 78.4 Å². The standard InChI is InChI=1S/C71H99N17O17/c1-10-38(7)59(87-62(95)49(72)25-41-12-18-46(89)19-13-41)69(102)83-51(26-42-14-20-47(90)21-15-42)64(97)82-54(30-56(73)92)67(100)86-58(37(5)6)68(101)79-40(9)61(94)76-33-57(93)80-50(24-36(3)4)63(96)81-52(27-43-16-22-48(91)23-17-43)66(99)88-60(39(8)11-2)70(103)84-53(28-44-31-74-34-77-44)65(98)85-55(71(104)105)29-45-32-75-35-78-45/h12-23,31-32,34-40,49-55,58-60,89-91H,10-11,24-30,33,72H2,1-9H3,(H2,73,92)(H,74,77)(H,75,78)(H,76,94)(H,79,101)(H,80,93)(H,81,96)(H,82,97)(H,83,102)(H,84,103)(H,85,98)(H,86,100)(H,87,95)(H,88,99)(H,104,105)/t38-,39-,40+,49+,50+,51+,52+,53+,54+,55+,58+,59+,60+/m1/s1. The number of phenols is 3. The van der Waals surface area contributed by atoms with E-state index in [9.17, 15) is 82.8 Å². The lowest BCUT2D eigenvalue weighted by Gasteiger charge is -2.29. The van der Waals surface area contributed by atoms with Crippen molar-refractivity contribution in [1.29, 1.82) is 0 Å². The molecule has 0 unspecified atom stereocenters. The Hall–Kier alpha value is -11.5. The van der Waals surface area contributed by atoms with Gasteiger partial charge in [0.05, 0.1) is 43.0 Å². The number of phenolic OH excluding ortho intramolecular Hbond substituents is 3.